The van der Waals surface area contributed by atoms with Gasteiger partial charge in [-0.15, -0.1) is 0 Å². The molecule has 2 aromatic carbocycles. The molecule has 29 heavy (non-hydrogen) atoms. The van der Waals surface area contributed by atoms with E-state index < -0.39 is 22.5 Å². The molecule has 0 aliphatic rings. The van der Waals surface area contributed by atoms with Crippen molar-refractivity contribution in [1.82, 2.24) is 15.4 Å². The van der Waals surface area contributed by atoms with Crippen LogP contribution in [0.15, 0.2) is 60.0 Å². The van der Waals surface area contributed by atoms with Gasteiger partial charge in [0.05, 0.1) is 20.2 Å². The van der Waals surface area contributed by atoms with Gasteiger partial charge >= 0.3 is 0 Å². The predicted molar refractivity (Wildman–Crippen MR) is 110 cm³/mol. The van der Waals surface area contributed by atoms with Gasteiger partial charge in [0.1, 0.15) is 5.75 Å². The number of ether oxygens (including phenoxy) is 1. The van der Waals surface area contributed by atoms with Gasteiger partial charge in [-0.25, -0.2) is 13.1 Å². The molecule has 0 saturated heterocycles. The van der Waals surface area contributed by atoms with Crippen molar-refractivity contribution in [2.75, 3.05) is 20.2 Å². The molecule has 0 radical (unpaired) electrons. The summed E-state index contributed by atoms with van der Waals surface area (Å²) in [6.45, 7) is -0.417. The zero-order valence-corrected chi connectivity index (χ0v) is 16.7. The molecule has 0 heterocycles. The lowest BCUT2D eigenvalue weighted by atomic mass is 10.2. The summed E-state index contributed by atoms with van der Waals surface area (Å²) >= 11 is 0. The maximum absolute atomic E-state index is 11.9. The van der Waals surface area contributed by atoms with Crippen molar-refractivity contribution < 1.29 is 22.7 Å². The van der Waals surface area contributed by atoms with Gasteiger partial charge in [0, 0.05) is 12.0 Å². The fraction of sp³-hybridized carbons (Fsp3) is 0.200. The van der Waals surface area contributed by atoms with E-state index in [1.54, 1.807) is 43.5 Å². The van der Waals surface area contributed by atoms with Crippen LogP contribution in [0.1, 0.15) is 11.1 Å². The van der Waals surface area contributed by atoms with Crippen molar-refractivity contribution in [3.63, 3.8) is 0 Å². The molecule has 8 nitrogen and oxygen atoms in total. The van der Waals surface area contributed by atoms with Gasteiger partial charge in [-0.05, 0) is 29.3 Å². The van der Waals surface area contributed by atoms with Gasteiger partial charge in [0.25, 0.3) is 0 Å². The number of hydrogen-bond acceptors (Lipinski definition) is 5. The third-order valence-corrected chi connectivity index (χ3v) is 4.81. The van der Waals surface area contributed by atoms with Crippen LogP contribution in [-0.2, 0) is 26.2 Å². The fourth-order valence-electron chi connectivity index (χ4n) is 2.19. The van der Waals surface area contributed by atoms with Crippen LogP contribution in [0.5, 0.6) is 5.75 Å². The number of amides is 2. The van der Waals surface area contributed by atoms with E-state index in [1.165, 1.54) is 6.08 Å². The number of carbonyl (C=O) groups excluding carboxylic acids is 2. The number of hydrogen-bond donors (Lipinski definition) is 3. The minimum Gasteiger partial charge on any atom is -0.497 e. The molecule has 0 spiro atoms. The molecule has 0 aromatic heterocycles. The number of benzene rings is 2. The monoisotopic (exact) mass is 417 g/mol. The van der Waals surface area contributed by atoms with E-state index >= 15 is 0 Å². The van der Waals surface area contributed by atoms with Gasteiger partial charge in [-0.1, -0.05) is 42.5 Å². The maximum atomic E-state index is 11.9. The van der Waals surface area contributed by atoms with E-state index in [4.69, 9.17) is 4.74 Å². The van der Waals surface area contributed by atoms with E-state index in [0.717, 1.165) is 16.5 Å². The molecule has 154 valence electrons. The van der Waals surface area contributed by atoms with Crippen LogP contribution in [0.2, 0.25) is 0 Å². The average Bonchev–Trinajstić information content (AvgIpc) is 2.74. The lowest BCUT2D eigenvalue weighted by Crippen LogP contribution is -2.41. The largest absolute Gasteiger partial charge is 0.497 e. The first-order chi connectivity index (χ1) is 13.9. The summed E-state index contributed by atoms with van der Waals surface area (Å²) < 4.78 is 31.0. The predicted octanol–water partition coefficient (Wildman–Crippen LogP) is 1.02. The van der Waals surface area contributed by atoms with E-state index in [9.17, 15) is 18.0 Å². The Morgan fingerprint density at radius 1 is 0.931 bits per heavy atom. The first-order valence-electron chi connectivity index (χ1n) is 8.77. The molecule has 3 N–H and O–H groups in total. The summed E-state index contributed by atoms with van der Waals surface area (Å²) in [5.74, 6) is -0.282. The highest BCUT2D eigenvalue weighted by Crippen LogP contribution is 2.10. The van der Waals surface area contributed by atoms with E-state index in [2.05, 4.69) is 15.4 Å². The van der Waals surface area contributed by atoms with Crippen LogP contribution in [0.25, 0.3) is 6.08 Å². The standard InChI is InChI=1S/C20H23N3O5S/c1-28-18-9-7-17(8-10-18)13-21-19(24)14-22-20(25)15-23-29(26,27)12-11-16-5-3-2-4-6-16/h2-12,23H,13-15H2,1H3,(H,21,24)(H,22,25). The molecule has 0 bridgehead atoms. The Morgan fingerprint density at radius 3 is 2.24 bits per heavy atom. The number of methoxy groups -OCH3 is 1. The van der Waals surface area contributed by atoms with Gasteiger partial charge in [-0.3, -0.25) is 9.59 Å². The molecular weight excluding hydrogens is 394 g/mol. The zero-order chi connectivity index (χ0) is 21.1. The summed E-state index contributed by atoms with van der Waals surface area (Å²) in [6, 6.07) is 16.1. The molecule has 0 atom stereocenters. The van der Waals surface area contributed by atoms with Gasteiger partial charge in [0.15, 0.2) is 0 Å². The van der Waals surface area contributed by atoms with Crippen molar-refractivity contribution in [1.29, 1.82) is 0 Å². The second kappa shape index (κ2) is 11.0. The fourth-order valence-corrected chi connectivity index (χ4v) is 2.96. The Morgan fingerprint density at radius 2 is 1.59 bits per heavy atom. The van der Waals surface area contributed by atoms with Crippen LogP contribution in [0.4, 0.5) is 0 Å². The Balaban J connectivity index is 1.69. The van der Waals surface area contributed by atoms with Crippen LogP contribution in [0, 0.1) is 0 Å². The molecule has 2 rings (SSSR count). The highest BCUT2D eigenvalue weighted by Gasteiger charge is 2.10. The topological polar surface area (TPSA) is 114 Å². The van der Waals surface area contributed by atoms with E-state index in [1.807, 2.05) is 18.2 Å². The smallest absolute Gasteiger partial charge is 0.239 e. The Kier molecular flexibility index (Phi) is 8.38. The van der Waals surface area contributed by atoms with Gasteiger partial charge < -0.3 is 15.4 Å². The summed E-state index contributed by atoms with van der Waals surface area (Å²) in [5.41, 5.74) is 1.60. The molecule has 0 fully saturated rings. The lowest BCUT2D eigenvalue weighted by molar-refractivity contribution is -0.125. The van der Waals surface area contributed by atoms with Crippen molar-refractivity contribution in [2.24, 2.45) is 0 Å². The third-order valence-electron chi connectivity index (χ3n) is 3.77. The molecule has 9 heteroatoms. The molecular formula is C20H23N3O5S. The summed E-state index contributed by atoms with van der Waals surface area (Å²) in [7, 11) is -2.20. The number of rotatable bonds is 10. The molecule has 0 aliphatic carbocycles. The molecule has 2 amide bonds. The number of carbonyl (C=O) groups is 2. The van der Waals surface area contributed by atoms with Crippen LogP contribution < -0.4 is 20.1 Å². The summed E-state index contributed by atoms with van der Waals surface area (Å²) in [6.07, 6.45) is 1.42. The van der Waals surface area contributed by atoms with Crippen LogP contribution in [0.3, 0.4) is 0 Å². The molecule has 0 unspecified atom stereocenters. The molecule has 2 aromatic rings. The minimum atomic E-state index is -3.77. The van der Waals surface area contributed by atoms with Crippen molar-refractivity contribution in [3.05, 3.63) is 71.1 Å². The number of nitrogens with one attached hydrogen (secondary N) is 3. The number of sulfonamides is 1. The third kappa shape index (κ3) is 8.58. The molecule has 0 saturated carbocycles. The normalized spacial score (nSPS) is 11.2. The van der Waals surface area contributed by atoms with Crippen molar-refractivity contribution in [2.45, 2.75) is 6.54 Å². The summed E-state index contributed by atoms with van der Waals surface area (Å²) in [4.78, 5) is 23.6. The Bertz CT molecular complexity index is 942. The maximum Gasteiger partial charge on any atom is 0.239 e. The SMILES string of the molecule is COc1ccc(CNC(=O)CNC(=O)CNS(=O)(=O)C=Cc2ccccc2)cc1. The van der Waals surface area contributed by atoms with Crippen LogP contribution >= 0.6 is 0 Å². The average molecular weight is 417 g/mol. The quantitative estimate of drug-likeness (QED) is 0.534. The van der Waals surface area contributed by atoms with E-state index in [0.29, 0.717) is 12.3 Å². The molecule has 0 aliphatic heterocycles. The van der Waals surface area contributed by atoms with Crippen molar-refractivity contribution >= 4 is 27.9 Å². The second-order valence-corrected chi connectivity index (χ2v) is 7.63. The first-order valence-corrected chi connectivity index (χ1v) is 10.3. The second-order valence-electron chi connectivity index (χ2n) is 5.98. The highest BCUT2D eigenvalue weighted by molar-refractivity contribution is 7.92. The Labute approximate surface area is 170 Å². The lowest BCUT2D eigenvalue weighted by Gasteiger charge is -2.08. The Hall–Kier alpha value is -3.17. The van der Waals surface area contributed by atoms with Gasteiger partial charge in [-0.2, -0.15) is 0 Å². The zero-order valence-electron chi connectivity index (χ0n) is 15.9. The first kappa shape index (κ1) is 22.1. The van der Waals surface area contributed by atoms with Gasteiger partial charge in [0.2, 0.25) is 21.8 Å². The highest BCUT2D eigenvalue weighted by atomic mass is 32.2. The summed E-state index contributed by atoms with van der Waals surface area (Å²) in [5, 5.41) is 6.00. The van der Waals surface area contributed by atoms with E-state index in [-0.39, 0.29) is 12.5 Å². The minimum absolute atomic E-state index is 0.253. The van der Waals surface area contributed by atoms with Crippen LogP contribution in [-0.4, -0.2) is 40.4 Å². The van der Waals surface area contributed by atoms with Crippen molar-refractivity contribution in [3.8, 4) is 5.75 Å².